The highest BCUT2D eigenvalue weighted by Crippen LogP contribution is 2.26. The van der Waals surface area contributed by atoms with Crippen molar-refractivity contribution in [2.45, 2.75) is 18.9 Å². The summed E-state index contributed by atoms with van der Waals surface area (Å²) >= 11 is 0. The zero-order valence-electron chi connectivity index (χ0n) is 11.1. The van der Waals surface area contributed by atoms with Crippen molar-refractivity contribution < 1.29 is 9.21 Å². The number of amides is 1. The Hall–Kier alpha value is -1.95. The zero-order chi connectivity index (χ0) is 13.5. The number of hydrogen-bond donors (Lipinski definition) is 1. The molecule has 1 amide bonds. The Morgan fingerprint density at radius 3 is 3.25 bits per heavy atom. The van der Waals surface area contributed by atoms with E-state index in [-0.39, 0.29) is 11.9 Å². The van der Waals surface area contributed by atoms with E-state index in [1.807, 2.05) is 0 Å². The van der Waals surface area contributed by atoms with E-state index >= 15 is 0 Å². The van der Waals surface area contributed by atoms with Crippen LogP contribution in [0.3, 0.4) is 0 Å². The molecule has 2 fully saturated rings. The van der Waals surface area contributed by atoms with Gasteiger partial charge in [0.2, 0.25) is 0 Å². The molecule has 2 aliphatic rings. The van der Waals surface area contributed by atoms with Gasteiger partial charge in [0.25, 0.3) is 5.91 Å². The van der Waals surface area contributed by atoms with E-state index in [1.54, 1.807) is 12.3 Å². The van der Waals surface area contributed by atoms with Crippen molar-refractivity contribution in [2.75, 3.05) is 19.6 Å². The average Bonchev–Trinajstić information content (AvgIpc) is 3.04. The SMILES string of the molecule is O=C(NC1CC2CCN(C2)C1)c1cc2ocnc2cn1. The van der Waals surface area contributed by atoms with Crippen molar-refractivity contribution in [1.82, 2.24) is 20.2 Å². The Labute approximate surface area is 116 Å². The van der Waals surface area contributed by atoms with Crippen LogP contribution in [0.15, 0.2) is 23.1 Å². The molecule has 2 aromatic rings. The molecule has 2 saturated heterocycles. The van der Waals surface area contributed by atoms with E-state index < -0.39 is 0 Å². The van der Waals surface area contributed by atoms with E-state index in [0.717, 1.165) is 18.9 Å². The third-order valence-electron chi connectivity index (χ3n) is 4.25. The van der Waals surface area contributed by atoms with Crippen LogP contribution >= 0.6 is 0 Å². The van der Waals surface area contributed by atoms with Crippen LogP contribution in [-0.2, 0) is 0 Å². The molecule has 4 rings (SSSR count). The fourth-order valence-corrected chi connectivity index (χ4v) is 3.31. The topological polar surface area (TPSA) is 71.3 Å². The van der Waals surface area contributed by atoms with Gasteiger partial charge in [-0.3, -0.25) is 4.79 Å². The smallest absolute Gasteiger partial charge is 0.270 e. The fourth-order valence-electron chi connectivity index (χ4n) is 3.31. The first-order chi connectivity index (χ1) is 9.78. The van der Waals surface area contributed by atoms with Gasteiger partial charge in [0.15, 0.2) is 12.0 Å². The molecule has 2 aliphatic heterocycles. The summed E-state index contributed by atoms with van der Waals surface area (Å²) in [5, 5.41) is 3.09. The van der Waals surface area contributed by atoms with Gasteiger partial charge in [-0.1, -0.05) is 0 Å². The first-order valence-corrected chi connectivity index (χ1v) is 7.00. The summed E-state index contributed by atoms with van der Waals surface area (Å²) in [7, 11) is 0. The summed E-state index contributed by atoms with van der Waals surface area (Å²) in [5.74, 6) is 0.606. The number of oxazole rings is 1. The monoisotopic (exact) mass is 272 g/mol. The Kier molecular flexibility index (Phi) is 2.70. The molecular formula is C14H16N4O2. The highest BCUT2D eigenvalue weighted by atomic mass is 16.3. The third kappa shape index (κ3) is 2.06. The second-order valence-corrected chi connectivity index (χ2v) is 5.71. The van der Waals surface area contributed by atoms with Crippen molar-refractivity contribution in [3.05, 3.63) is 24.4 Å². The molecule has 0 aliphatic carbocycles. The lowest BCUT2D eigenvalue weighted by molar-refractivity contribution is 0.0904. The summed E-state index contributed by atoms with van der Waals surface area (Å²) in [4.78, 5) is 22.8. The molecule has 2 bridgehead atoms. The molecule has 6 nitrogen and oxygen atoms in total. The number of nitrogens with zero attached hydrogens (tertiary/aromatic N) is 3. The molecule has 20 heavy (non-hydrogen) atoms. The van der Waals surface area contributed by atoms with Gasteiger partial charge >= 0.3 is 0 Å². The average molecular weight is 272 g/mol. The molecule has 104 valence electrons. The molecule has 0 spiro atoms. The van der Waals surface area contributed by atoms with Crippen LogP contribution in [0, 0.1) is 5.92 Å². The first-order valence-electron chi connectivity index (χ1n) is 7.00. The van der Waals surface area contributed by atoms with Crippen molar-refractivity contribution in [2.24, 2.45) is 5.92 Å². The predicted molar refractivity (Wildman–Crippen MR) is 72.2 cm³/mol. The number of piperidine rings is 1. The van der Waals surface area contributed by atoms with E-state index in [1.165, 1.54) is 25.9 Å². The predicted octanol–water partition coefficient (Wildman–Crippen LogP) is 1.05. The van der Waals surface area contributed by atoms with E-state index in [2.05, 4.69) is 20.2 Å². The van der Waals surface area contributed by atoms with Gasteiger partial charge in [0.05, 0.1) is 6.20 Å². The Morgan fingerprint density at radius 1 is 1.40 bits per heavy atom. The lowest BCUT2D eigenvalue weighted by Gasteiger charge is -2.30. The van der Waals surface area contributed by atoms with Crippen LogP contribution in [0.2, 0.25) is 0 Å². The van der Waals surface area contributed by atoms with Gasteiger partial charge in [-0.15, -0.1) is 0 Å². The van der Waals surface area contributed by atoms with E-state index in [9.17, 15) is 4.79 Å². The van der Waals surface area contributed by atoms with Gasteiger partial charge in [-0.25, -0.2) is 9.97 Å². The maximum Gasteiger partial charge on any atom is 0.270 e. The van der Waals surface area contributed by atoms with Crippen LogP contribution in [0.5, 0.6) is 0 Å². The Bertz CT molecular complexity index is 641. The van der Waals surface area contributed by atoms with Gasteiger partial charge in [0.1, 0.15) is 11.2 Å². The summed E-state index contributed by atoms with van der Waals surface area (Å²) in [5.41, 5.74) is 1.66. The number of fused-ring (bicyclic) bond motifs is 3. The highest BCUT2D eigenvalue weighted by Gasteiger charge is 2.33. The number of rotatable bonds is 2. The van der Waals surface area contributed by atoms with Crippen LogP contribution in [0.4, 0.5) is 0 Å². The molecule has 0 aromatic carbocycles. The molecule has 1 N–H and O–H groups in total. The number of aromatic nitrogens is 2. The molecule has 6 heteroatoms. The van der Waals surface area contributed by atoms with Gasteiger partial charge in [-0.05, 0) is 25.3 Å². The summed E-state index contributed by atoms with van der Waals surface area (Å²) in [6.07, 6.45) is 5.27. The second-order valence-electron chi connectivity index (χ2n) is 5.71. The lowest BCUT2D eigenvalue weighted by atomic mass is 9.97. The van der Waals surface area contributed by atoms with Gasteiger partial charge in [0, 0.05) is 25.2 Å². The van der Waals surface area contributed by atoms with Gasteiger partial charge in [-0.2, -0.15) is 0 Å². The molecule has 3 unspecified atom stereocenters. The Morgan fingerprint density at radius 2 is 2.35 bits per heavy atom. The molecule has 0 radical (unpaired) electrons. The van der Waals surface area contributed by atoms with E-state index in [4.69, 9.17) is 4.42 Å². The summed E-state index contributed by atoms with van der Waals surface area (Å²) in [6.45, 7) is 3.31. The van der Waals surface area contributed by atoms with Crippen molar-refractivity contribution in [1.29, 1.82) is 0 Å². The standard InChI is InChI=1S/C14H16N4O2/c19-14(11-4-13-12(5-15-11)16-8-20-13)17-10-3-9-1-2-18(6-9)7-10/h4-5,8-10H,1-3,6-7H2,(H,17,19). The lowest BCUT2D eigenvalue weighted by Crippen LogP contribution is -2.47. The fraction of sp³-hybridized carbons (Fsp3) is 0.500. The zero-order valence-corrected chi connectivity index (χ0v) is 11.1. The number of carbonyl (C=O) groups excluding carboxylic acids is 1. The second kappa shape index (κ2) is 4.56. The van der Waals surface area contributed by atoms with Crippen LogP contribution in [0.25, 0.3) is 11.1 Å². The number of nitrogens with one attached hydrogen (secondary N) is 1. The van der Waals surface area contributed by atoms with Crippen molar-refractivity contribution in [3.8, 4) is 0 Å². The first kappa shape index (κ1) is 11.8. The largest absolute Gasteiger partial charge is 0.443 e. The number of hydrogen-bond acceptors (Lipinski definition) is 5. The third-order valence-corrected chi connectivity index (χ3v) is 4.25. The van der Waals surface area contributed by atoms with Crippen molar-refractivity contribution in [3.63, 3.8) is 0 Å². The van der Waals surface area contributed by atoms with Gasteiger partial charge < -0.3 is 14.6 Å². The van der Waals surface area contributed by atoms with Crippen LogP contribution in [0.1, 0.15) is 23.3 Å². The quantitative estimate of drug-likeness (QED) is 0.884. The molecule has 2 aromatic heterocycles. The number of carbonyl (C=O) groups is 1. The highest BCUT2D eigenvalue weighted by molar-refractivity contribution is 5.94. The van der Waals surface area contributed by atoms with E-state index in [0.29, 0.717) is 16.8 Å². The minimum atomic E-state index is -0.129. The Balaban J connectivity index is 1.49. The number of pyridine rings is 1. The molecule has 0 saturated carbocycles. The maximum absolute atomic E-state index is 12.3. The molecule has 4 heterocycles. The summed E-state index contributed by atoms with van der Waals surface area (Å²) < 4.78 is 5.20. The molecular weight excluding hydrogens is 256 g/mol. The minimum absolute atomic E-state index is 0.129. The normalized spacial score (nSPS) is 28.7. The summed E-state index contributed by atoms with van der Waals surface area (Å²) in [6, 6.07) is 1.88. The van der Waals surface area contributed by atoms with Crippen LogP contribution in [-0.4, -0.2) is 46.5 Å². The van der Waals surface area contributed by atoms with Crippen LogP contribution < -0.4 is 5.32 Å². The van der Waals surface area contributed by atoms with Crippen molar-refractivity contribution >= 4 is 17.0 Å². The molecule has 3 atom stereocenters. The minimum Gasteiger partial charge on any atom is -0.443 e. The maximum atomic E-state index is 12.3.